The lowest BCUT2D eigenvalue weighted by atomic mass is 10.1. The number of ketones is 1. The number of rotatable bonds is 6. The molecular formula is C19H20F3N5O3. The molecule has 1 saturated carbocycles. The van der Waals surface area contributed by atoms with Crippen LogP contribution in [-0.4, -0.2) is 62.1 Å². The van der Waals surface area contributed by atoms with Crippen LogP contribution in [0.4, 0.5) is 13.2 Å². The fourth-order valence-electron chi connectivity index (χ4n) is 4.11. The standard InChI is InChI=1S/C19H20F3N5O3/c1-10(28)17-12-2-4-23-8-15(12)26(25-17)9-16(29)27-13-6-11(13)7-14(27)18(30)24-5-3-19(20,21)22/h2,4,8,11,13-14H,3,5-7,9H2,1H3,(H,24,30)/t11-,13-,14+/m1/s1. The number of alkyl halides is 3. The molecule has 0 bridgehead atoms. The molecule has 1 aliphatic carbocycles. The van der Waals surface area contributed by atoms with Crippen molar-refractivity contribution in [3.8, 4) is 0 Å². The van der Waals surface area contributed by atoms with Crippen molar-refractivity contribution in [2.24, 2.45) is 5.92 Å². The minimum atomic E-state index is -4.36. The van der Waals surface area contributed by atoms with Crippen molar-refractivity contribution in [2.45, 2.75) is 51.0 Å². The summed E-state index contributed by atoms with van der Waals surface area (Å²) in [5.41, 5.74) is 0.751. The Hall–Kier alpha value is -2.98. The maximum Gasteiger partial charge on any atom is 0.390 e. The normalized spacial score (nSPS) is 22.8. The molecule has 1 N–H and O–H groups in total. The van der Waals surface area contributed by atoms with Gasteiger partial charge in [-0.3, -0.25) is 24.0 Å². The molecule has 4 rings (SSSR count). The predicted molar refractivity (Wildman–Crippen MR) is 98.4 cm³/mol. The summed E-state index contributed by atoms with van der Waals surface area (Å²) in [4.78, 5) is 42.8. The SMILES string of the molecule is CC(=O)c1nn(CC(=O)N2[C@@H]3C[C@@H]3C[C@H]2C(=O)NCCC(F)(F)F)c2cnccc12. The molecule has 3 atom stereocenters. The Morgan fingerprint density at radius 2 is 2.03 bits per heavy atom. The van der Waals surface area contributed by atoms with Crippen LogP contribution in [0.3, 0.4) is 0 Å². The summed E-state index contributed by atoms with van der Waals surface area (Å²) in [7, 11) is 0. The van der Waals surface area contributed by atoms with E-state index in [1.807, 2.05) is 0 Å². The van der Waals surface area contributed by atoms with Gasteiger partial charge in [-0.2, -0.15) is 18.3 Å². The first-order valence-electron chi connectivity index (χ1n) is 9.63. The van der Waals surface area contributed by atoms with E-state index in [1.165, 1.54) is 28.9 Å². The zero-order chi connectivity index (χ0) is 21.6. The molecule has 2 aromatic heterocycles. The van der Waals surface area contributed by atoms with Crippen LogP contribution in [0.25, 0.3) is 10.9 Å². The van der Waals surface area contributed by atoms with Crippen molar-refractivity contribution in [1.29, 1.82) is 0 Å². The van der Waals surface area contributed by atoms with Gasteiger partial charge in [-0.05, 0) is 24.8 Å². The number of nitrogens with one attached hydrogen (secondary N) is 1. The first-order chi connectivity index (χ1) is 14.2. The zero-order valence-corrected chi connectivity index (χ0v) is 16.1. The van der Waals surface area contributed by atoms with Crippen molar-refractivity contribution in [3.05, 3.63) is 24.2 Å². The van der Waals surface area contributed by atoms with Crippen LogP contribution in [0.5, 0.6) is 0 Å². The van der Waals surface area contributed by atoms with Crippen molar-refractivity contribution in [1.82, 2.24) is 25.0 Å². The average Bonchev–Trinajstić information content (AvgIpc) is 3.17. The molecule has 3 heterocycles. The fraction of sp³-hybridized carbons (Fsp3) is 0.526. The molecule has 2 aliphatic rings. The summed E-state index contributed by atoms with van der Waals surface area (Å²) in [6, 6.07) is 0.772. The highest BCUT2D eigenvalue weighted by molar-refractivity contribution is 6.04. The first-order valence-corrected chi connectivity index (χ1v) is 9.63. The van der Waals surface area contributed by atoms with Gasteiger partial charge >= 0.3 is 6.18 Å². The molecule has 0 aromatic carbocycles. The number of hydrogen-bond donors (Lipinski definition) is 1. The van der Waals surface area contributed by atoms with Crippen LogP contribution in [0, 0.1) is 5.92 Å². The van der Waals surface area contributed by atoms with Crippen LogP contribution in [0.1, 0.15) is 36.7 Å². The van der Waals surface area contributed by atoms with Gasteiger partial charge in [0.2, 0.25) is 11.8 Å². The molecule has 0 spiro atoms. The van der Waals surface area contributed by atoms with Crippen molar-refractivity contribution in [3.63, 3.8) is 0 Å². The second-order valence-corrected chi connectivity index (χ2v) is 7.73. The average molecular weight is 423 g/mol. The van der Waals surface area contributed by atoms with Crippen molar-refractivity contribution >= 4 is 28.5 Å². The quantitative estimate of drug-likeness (QED) is 0.714. The van der Waals surface area contributed by atoms with Gasteiger partial charge in [0, 0.05) is 31.1 Å². The third-order valence-electron chi connectivity index (χ3n) is 5.58. The highest BCUT2D eigenvalue weighted by atomic mass is 19.4. The van der Waals surface area contributed by atoms with Crippen LogP contribution in [0.2, 0.25) is 0 Å². The summed E-state index contributed by atoms with van der Waals surface area (Å²) in [6.45, 7) is 0.670. The summed E-state index contributed by atoms with van der Waals surface area (Å²) in [5.74, 6) is -0.991. The lowest BCUT2D eigenvalue weighted by molar-refractivity contribution is -0.142. The molecule has 1 saturated heterocycles. The topological polar surface area (TPSA) is 97.2 Å². The molecule has 8 nitrogen and oxygen atoms in total. The minimum Gasteiger partial charge on any atom is -0.354 e. The maximum absolute atomic E-state index is 13.0. The molecule has 2 fully saturated rings. The van der Waals surface area contributed by atoms with Gasteiger partial charge in [0.15, 0.2) is 5.78 Å². The number of amides is 2. The molecule has 160 valence electrons. The monoisotopic (exact) mass is 423 g/mol. The molecule has 30 heavy (non-hydrogen) atoms. The number of aromatic nitrogens is 3. The van der Waals surface area contributed by atoms with E-state index in [4.69, 9.17) is 0 Å². The number of fused-ring (bicyclic) bond motifs is 2. The van der Waals surface area contributed by atoms with Gasteiger partial charge in [0.05, 0.1) is 18.1 Å². The lowest BCUT2D eigenvalue weighted by Gasteiger charge is -2.27. The summed E-state index contributed by atoms with van der Waals surface area (Å²) in [5, 5.41) is 7.11. The second kappa shape index (κ2) is 7.37. The predicted octanol–water partition coefficient (Wildman–Crippen LogP) is 1.69. The maximum atomic E-state index is 13.0. The Balaban J connectivity index is 1.49. The Morgan fingerprint density at radius 1 is 1.27 bits per heavy atom. The van der Waals surface area contributed by atoms with E-state index in [0.29, 0.717) is 17.3 Å². The highest BCUT2D eigenvalue weighted by Crippen LogP contribution is 2.48. The van der Waals surface area contributed by atoms with Crippen LogP contribution < -0.4 is 5.32 Å². The number of Topliss-reactive ketones (excluding diaryl/α,β-unsaturated/α-hetero) is 1. The molecule has 1 aliphatic heterocycles. The number of nitrogens with zero attached hydrogens (tertiary/aromatic N) is 4. The van der Waals surface area contributed by atoms with E-state index < -0.39 is 31.1 Å². The fourth-order valence-corrected chi connectivity index (χ4v) is 4.11. The molecule has 0 radical (unpaired) electrons. The highest BCUT2D eigenvalue weighted by Gasteiger charge is 2.56. The third-order valence-corrected chi connectivity index (χ3v) is 5.58. The van der Waals surface area contributed by atoms with Crippen LogP contribution in [-0.2, 0) is 16.1 Å². The first kappa shape index (κ1) is 20.3. The minimum absolute atomic E-state index is 0.0805. The number of carbonyl (C=O) groups excluding carboxylic acids is 3. The number of pyridine rings is 1. The molecular weight excluding hydrogens is 403 g/mol. The van der Waals surface area contributed by atoms with Gasteiger partial charge < -0.3 is 10.2 Å². The van der Waals surface area contributed by atoms with Gasteiger partial charge in [0.1, 0.15) is 18.3 Å². The zero-order valence-electron chi connectivity index (χ0n) is 16.1. The summed E-state index contributed by atoms with van der Waals surface area (Å²) >= 11 is 0. The molecule has 2 aromatic rings. The van der Waals surface area contributed by atoms with E-state index in [1.54, 1.807) is 6.07 Å². The third kappa shape index (κ3) is 3.88. The summed E-state index contributed by atoms with van der Waals surface area (Å²) in [6.07, 6.45) is -1.23. The van der Waals surface area contributed by atoms with Crippen LogP contribution >= 0.6 is 0 Å². The Kier molecular flexibility index (Phi) is 4.99. The Labute approximate surface area is 169 Å². The second-order valence-electron chi connectivity index (χ2n) is 7.73. The van der Waals surface area contributed by atoms with Gasteiger partial charge in [-0.15, -0.1) is 0 Å². The van der Waals surface area contributed by atoms with E-state index in [0.717, 1.165) is 6.42 Å². The molecule has 2 amide bonds. The number of carbonyl (C=O) groups is 3. The summed E-state index contributed by atoms with van der Waals surface area (Å²) < 4.78 is 38.4. The van der Waals surface area contributed by atoms with Crippen molar-refractivity contribution in [2.75, 3.05) is 6.54 Å². The van der Waals surface area contributed by atoms with E-state index in [2.05, 4.69) is 15.4 Å². The van der Waals surface area contributed by atoms with Gasteiger partial charge in [0.25, 0.3) is 0 Å². The Morgan fingerprint density at radius 3 is 2.73 bits per heavy atom. The molecule has 0 unspecified atom stereocenters. The number of halogens is 3. The number of hydrogen-bond acceptors (Lipinski definition) is 5. The van der Waals surface area contributed by atoms with E-state index in [-0.39, 0.29) is 35.9 Å². The molecule has 11 heteroatoms. The number of piperidine rings is 1. The van der Waals surface area contributed by atoms with Gasteiger partial charge in [-0.1, -0.05) is 0 Å². The van der Waals surface area contributed by atoms with Crippen molar-refractivity contribution < 1.29 is 27.6 Å². The van der Waals surface area contributed by atoms with Gasteiger partial charge in [-0.25, -0.2) is 0 Å². The smallest absolute Gasteiger partial charge is 0.354 e. The number of likely N-dealkylation sites (tertiary alicyclic amines) is 1. The van der Waals surface area contributed by atoms with E-state index >= 15 is 0 Å². The lowest BCUT2D eigenvalue weighted by Crippen LogP contribution is -2.49. The largest absolute Gasteiger partial charge is 0.390 e. The van der Waals surface area contributed by atoms with E-state index in [9.17, 15) is 27.6 Å². The van der Waals surface area contributed by atoms with Crippen LogP contribution in [0.15, 0.2) is 18.5 Å². The Bertz CT molecular complexity index is 1020.